The number of amides is 2. The van der Waals surface area contributed by atoms with Crippen LogP contribution in [0.3, 0.4) is 0 Å². The second-order valence-corrected chi connectivity index (χ2v) is 3.94. The standard InChI is InChI=1S/C14H9NO2/c16-13-8-12(14(17)15-13)11-6-5-9-3-1-2-4-10(9)7-11/h1-8H,(H,15,16,17). The van der Waals surface area contributed by atoms with Gasteiger partial charge in [-0.25, -0.2) is 0 Å². The number of hydrogen-bond donors (Lipinski definition) is 1. The molecule has 2 amide bonds. The third-order valence-corrected chi connectivity index (χ3v) is 2.82. The van der Waals surface area contributed by atoms with E-state index in [2.05, 4.69) is 5.32 Å². The molecule has 0 aliphatic carbocycles. The monoisotopic (exact) mass is 223 g/mol. The zero-order valence-electron chi connectivity index (χ0n) is 8.94. The fourth-order valence-electron chi connectivity index (χ4n) is 1.98. The van der Waals surface area contributed by atoms with Crippen LogP contribution in [0.4, 0.5) is 0 Å². The van der Waals surface area contributed by atoms with E-state index < -0.39 is 0 Å². The largest absolute Gasteiger partial charge is 0.289 e. The summed E-state index contributed by atoms with van der Waals surface area (Å²) in [7, 11) is 0. The maximum Gasteiger partial charge on any atom is 0.258 e. The first-order chi connectivity index (χ1) is 8.24. The van der Waals surface area contributed by atoms with E-state index in [0.29, 0.717) is 5.57 Å². The summed E-state index contributed by atoms with van der Waals surface area (Å²) in [5.74, 6) is -0.677. The molecule has 2 aromatic rings. The van der Waals surface area contributed by atoms with Gasteiger partial charge < -0.3 is 0 Å². The molecule has 0 unspecified atom stereocenters. The van der Waals surface area contributed by atoms with E-state index >= 15 is 0 Å². The number of benzene rings is 2. The molecule has 0 saturated carbocycles. The van der Waals surface area contributed by atoms with Gasteiger partial charge in [0.05, 0.1) is 5.57 Å². The third-order valence-electron chi connectivity index (χ3n) is 2.82. The average Bonchev–Trinajstić information content (AvgIpc) is 2.68. The van der Waals surface area contributed by atoms with E-state index in [-0.39, 0.29) is 11.8 Å². The Morgan fingerprint density at radius 2 is 1.65 bits per heavy atom. The van der Waals surface area contributed by atoms with E-state index in [1.54, 1.807) is 0 Å². The van der Waals surface area contributed by atoms with Gasteiger partial charge in [0.2, 0.25) is 0 Å². The Bertz CT molecular complexity index is 671. The van der Waals surface area contributed by atoms with Crippen LogP contribution >= 0.6 is 0 Å². The van der Waals surface area contributed by atoms with Crippen molar-refractivity contribution in [2.45, 2.75) is 0 Å². The van der Waals surface area contributed by atoms with Gasteiger partial charge in [-0.2, -0.15) is 0 Å². The maximum absolute atomic E-state index is 11.5. The zero-order valence-corrected chi connectivity index (χ0v) is 8.94. The summed E-state index contributed by atoms with van der Waals surface area (Å²) in [4.78, 5) is 22.6. The zero-order chi connectivity index (χ0) is 11.8. The van der Waals surface area contributed by atoms with Gasteiger partial charge >= 0.3 is 0 Å². The van der Waals surface area contributed by atoms with E-state index in [1.165, 1.54) is 6.08 Å². The molecule has 1 heterocycles. The number of rotatable bonds is 1. The molecular formula is C14H9NO2. The first-order valence-corrected chi connectivity index (χ1v) is 5.30. The summed E-state index contributed by atoms with van der Waals surface area (Å²) in [5, 5.41) is 4.41. The lowest BCUT2D eigenvalue weighted by Gasteiger charge is -2.02. The molecule has 3 heteroatoms. The van der Waals surface area contributed by atoms with E-state index in [1.807, 2.05) is 42.5 Å². The van der Waals surface area contributed by atoms with Gasteiger partial charge in [0.25, 0.3) is 11.8 Å². The molecule has 0 bridgehead atoms. The molecule has 3 rings (SSSR count). The predicted molar refractivity (Wildman–Crippen MR) is 65.1 cm³/mol. The van der Waals surface area contributed by atoms with Gasteiger partial charge in [-0.1, -0.05) is 36.4 Å². The Balaban J connectivity index is 2.16. The smallest absolute Gasteiger partial charge is 0.258 e. The van der Waals surface area contributed by atoms with E-state index in [0.717, 1.165) is 16.3 Å². The second kappa shape index (κ2) is 3.56. The number of fused-ring (bicyclic) bond motifs is 1. The van der Waals surface area contributed by atoms with Crippen molar-refractivity contribution in [1.82, 2.24) is 5.32 Å². The van der Waals surface area contributed by atoms with Crippen LogP contribution in [0.15, 0.2) is 48.5 Å². The predicted octanol–water partition coefficient (Wildman–Crippen LogP) is 1.88. The fourth-order valence-corrected chi connectivity index (χ4v) is 1.98. The highest BCUT2D eigenvalue weighted by Gasteiger charge is 2.21. The molecule has 0 aromatic heterocycles. The van der Waals surface area contributed by atoms with Crippen LogP contribution in [0.5, 0.6) is 0 Å². The molecule has 0 saturated heterocycles. The molecule has 1 N–H and O–H groups in total. The van der Waals surface area contributed by atoms with Crippen molar-refractivity contribution in [2.75, 3.05) is 0 Å². The first kappa shape index (κ1) is 9.78. The summed E-state index contributed by atoms with van der Waals surface area (Å²) in [6.07, 6.45) is 1.34. The van der Waals surface area contributed by atoms with Crippen molar-refractivity contribution in [3.63, 3.8) is 0 Å². The minimum Gasteiger partial charge on any atom is -0.289 e. The van der Waals surface area contributed by atoms with Gasteiger partial charge in [0.1, 0.15) is 0 Å². The van der Waals surface area contributed by atoms with Crippen molar-refractivity contribution in [1.29, 1.82) is 0 Å². The Morgan fingerprint density at radius 3 is 2.35 bits per heavy atom. The summed E-state index contributed by atoms with van der Waals surface area (Å²) in [5.41, 5.74) is 1.20. The highest BCUT2D eigenvalue weighted by Crippen LogP contribution is 2.23. The molecular weight excluding hydrogens is 214 g/mol. The summed E-state index contributed by atoms with van der Waals surface area (Å²) >= 11 is 0. The lowest BCUT2D eigenvalue weighted by molar-refractivity contribution is -0.123. The minimum atomic E-state index is -0.349. The highest BCUT2D eigenvalue weighted by molar-refractivity contribution is 6.33. The Hall–Kier alpha value is -2.42. The van der Waals surface area contributed by atoms with Crippen LogP contribution in [0.1, 0.15) is 5.56 Å². The molecule has 17 heavy (non-hydrogen) atoms. The Labute approximate surface area is 97.8 Å². The number of carbonyl (C=O) groups excluding carboxylic acids is 2. The van der Waals surface area contributed by atoms with Gasteiger partial charge in [0, 0.05) is 6.08 Å². The topological polar surface area (TPSA) is 46.2 Å². The fraction of sp³-hybridized carbons (Fsp3) is 0. The van der Waals surface area contributed by atoms with Crippen molar-refractivity contribution >= 4 is 28.2 Å². The highest BCUT2D eigenvalue weighted by atomic mass is 16.2. The second-order valence-electron chi connectivity index (χ2n) is 3.94. The average molecular weight is 223 g/mol. The van der Waals surface area contributed by atoms with Crippen LogP contribution in [-0.2, 0) is 9.59 Å². The van der Waals surface area contributed by atoms with Crippen molar-refractivity contribution in [3.05, 3.63) is 54.1 Å². The third kappa shape index (κ3) is 1.61. The van der Waals surface area contributed by atoms with Gasteiger partial charge in [0.15, 0.2) is 0 Å². The summed E-state index contributed by atoms with van der Waals surface area (Å²) < 4.78 is 0. The van der Waals surface area contributed by atoms with E-state index in [9.17, 15) is 9.59 Å². The summed E-state index contributed by atoms with van der Waals surface area (Å²) in [6.45, 7) is 0. The molecule has 0 radical (unpaired) electrons. The molecule has 0 fully saturated rings. The van der Waals surface area contributed by atoms with Crippen LogP contribution in [-0.4, -0.2) is 11.8 Å². The lowest BCUT2D eigenvalue weighted by atomic mass is 10.0. The molecule has 1 aliphatic heterocycles. The number of nitrogens with one attached hydrogen (secondary N) is 1. The number of imide groups is 1. The molecule has 3 nitrogen and oxygen atoms in total. The Morgan fingerprint density at radius 1 is 0.882 bits per heavy atom. The van der Waals surface area contributed by atoms with Crippen LogP contribution < -0.4 is 5.32 Å². The Kier molecular flexibility index (Phi) is 2.05. The normalized spacial score (nSPS) is 14.9. The number of carbonyl (C=O) groups is 2. The van der Waals surface area contributed by atoms with Gasteiger partial charge in [-0.15, -0.1) is 0 Å². The molecule has 1 aliphatic rings. The van der Waals surface area contributed by atoms with Gasteiger partial charge in [-0.05, 0) is 22.4 Å². The van der Waals surface area contributed by atoms with Crippen molar-refractivity contribution in [2.24, 2.45) is 0 Å². The molecule has 0 spiro atoms. The van der Waals surface area contributed by atoms with Crippen molar-refractivity contribution < 1.29 is 9.59 Å². The first-order valence-electron chi connectivity index (χ1n) is 5.30. The van der Waals surface area contributed by atoms with Crippen LogP contribution in [0.2, 0.25) is 0 Å². The van der Waals surface area contributed by atoms with Gasteiger partial charge in [-0.3, -0.25) is 14.9 Å². The van der Waals surface area contributed by atoms with Crippen molar-refractivity contribution in [3.8, 4) is 0 Å². The lowest BCUT2D eigenvalue weighted by Crippen LogP contribution is -2.21. The quantitative estimate of drug-likeness (QED) is 0.750. The number of hydrogen-bond acceptors (Lipinski definition) is 2. The minimum absolute atomic E-state index is 0.328. The summed E-state index contributed by atoms with van der Waals surface area (Å²) in [6, 6.07) is 13.6. The molecule has 82 valence electrons. The maximum atomic E-state index is 11.5. The SMILES string of the molecule is O=C1C=C(c2ccc3ccccc3c2)C(=O)N1. The van der Waals surface area contributed by atoms with E-state index in [4.69, 9.17) is 0 Å². The van der Waals surface area contributed by atoms with Crippen LogP contribution in [0, 0.1) is 0 Å². The molecule has 2 aromatic carbocycles. The van der Waals surface area contributed by atoms with Crippen LogP contribution in [0.25, 0.3) is 16.3 Å². The molecule has 0 atom stereocenters.